The van der Waals surface area contributed by atoms with Crippen molar-refractivity contribution in [3.63, 3.8) is 0 Å². The van der Waals surface area contributed by atoms with Crippen LogP contribution in [-0.2, 0) is 32.2 Å². The Morgan fingerprint density at radius 1 is 0.918 bits per heavy atom. The maximum absolute atomic E-state index is 13.0. The van der Waals surface area contributed by atoms with Crippen LogP contribution in [0.25, 0.3) is 11.1 Å². The van der Waals surface area contributed by atoms with E-state index in [2.05, 4.69) is 15.3 Å². The Kier molecular flexibility index (Phi) is 10.9. The molecular weight excluding hydrogens is 657 g/mol. The number of ether oxygens (including phenoxy) is 2. The van der Waals surface area contributed by atoms with Crippen molar-refractivity contribution < 1.29 is 37.3 Å². The number of carbonyl (C=O) groups is 2. The summed E-state index contributed by atoms with van der Waals surface area (Å²) in [5, 5.41) is 12.9. The lowest BCUT2D eigenvalue weighted by Gasteiger charge is -2.36. The Labute approximate surface area is 285 Å². The van der Waals surface area contributed by atoms with Crippen molar-refractivity contribution in [2.45, 2.75) is 68.3 Å². The first-order valence-corrected chi connectivity index (χ1v) is 16.9. The van der Waals surface area contributed by atoms with Gasteiger partial charge in [0.1, 0.15) is 6.04 Å². The summed E-state index contributed by atoms with van der Waals surface area (Å²) < 4.78 is 52.1. The lowest BCUT2D eigenvalue weighted by molar-refractivity contribution is -0.245. The minimum Gasteiger partial charge on any atom is -0.392 e. The quantitative estimate of drug-likeness (QED) is 0.151. The van der Waals surface area contributed by atoms with Gasteiger partial charge < -0.3 is 24.8 Å². The van der Waals surface area contributed by atoms with E-state index in [4.69, 9.17) is 9.47 Å². The Hall–Kier alpha value is -4.30. The molecule has 0 spiro atoms. The van der Waals surface area contributed by atoms with E-state index in [9.17, 15) is 27.9 Å². The number of benzene rings is 3. The van der Waals surface area contributed by atoms with Crippen LogP contribution in [0.15, 0.2) is 96.4 Å². The number of amides is 2. The molecule has 4 atom stereocenters. The maximum Gasteiger partial charge on any atom is 0.471 e. The summed E-state index contributed by atoms with van der Waals surface area (Å²) in [4.78, 5) is 33.9. The molecule has 0 saturated carbocycles. The summed E-state index contributed by atoms with van der Waals surface area (Å²) in [6.45, 7) is -0.0578. The molecule has 6 rings (SSSR count). The molecule has 2 aliphatic rings. The van der Waals surface area contributed by atoms with E-state index in [-0.39, 0.29) is 38.3 Å². The standard InChI is InChI=1S/C36H35F3N4O5S/c37-36(38,39)34(46)43-16-3-9-30(43)32(45)42-20-24-5-1-6-26(17-24)27-7-2-8-28(18-27)33-47-29(22-49-35-40-14-4-15-41-35)19-31(48-33)25-12-10-23(21-44)11-13-25/h1-2,4-8,10-15,17-18,29-31,33,44H,3,9,16,19-22H2,(H,42,45)/t29-,30-,31+,33+/m0/s1. The van der Waals surface area contributed by atoms with Crippen LogP contribution in [0.5, 0.6) is 0 Å². The number of aromatic nitrogens is 2. The lowest BCUT2D eigenvalue weighted by Crippen LogP contribution is -2.50. The third-order valence-electron chi connectivity index (χ3n) is 8.50. The summed E-state index contributed by atoms with van der Waals surface area (Å²) in [6.07, 6.45) is -1.60. The zero-order valence-electron chi connectivity index (χ0n) is 26.4. The van der Waals surface area contributed by atoms with Gasteiger partial charge in [0.2, 0.25) is 5.91 Å². The van der Waals surface area contributed by atoms with Gasteiger partial charge in [-0.25, -0.2) is 9.97 Å². The third kappa shape index (κ3) is 8.66. The minimum absolute atomic E-state index is 0.0453. The Morgan fingerprint density at radius 3 is 2.39 bits per heavy atom. The second-order valence-electron chi connectivity index (χ2n) is 11.9. The van der Waals surface area contributed by atoms with Gasteiger partial charge >= 0.3 is 12.1 Å². The average molecular weight is 693 g/mol. The highest BCUT2D eigenvalue weighted by Gasteiger charge is 2.47. The van der Waals surface area contributed by atoms with Crippen molar-refractivity contribution in [2.24, 2.45) is 0 Å². The number of aliphatic hydroxyl groups excluding tert-OH is 1. The molecular formula is C36H35F3N4O5S. The van der Waals surface area contributed by atoms with E-state index in [1.54, 1.807) is 18.5 Å². The highest BCUT2D eigenvalue weighted by Crippen LogP contribution is 2.40. The Morgan fingerprint density at radius 2 is 1.65 bits per heavy atom. The second kappa shape index (κ2) is 15.5. The van der Waals surface area contributed by atoms with Gasteiger partial charge in [0.15, 0.2) is 11.4 Å². The van der Waals surface area contributed by atoms with Crippen LogP contribution in [0.2, 0.25) is 0 Å². The number of nitrogens with zero attached hydrogens (tertiary/aromatic N) is 3. The number of thioether (sulfide) groups is 1. The highest BCUT2D eigenvalue weighted by molar-refractivity contribution is 7.99. The van der Waals surface area contributed by atoms with Crippen molar-refractivity contribution in [1.82, 2.24) is 20.2 Å². The topological polar surface area (TPSA) is 114 Å². The zero-order valence-corrected chi connectivity index (χ0v) is 27.2. The molecule has 256 valence electrons. The van der Waals surface area contributed by atoms with Gasteiger partial charge in [0.05, 0.1) is 18.8 Å². The van der Waals surface area contributed by atoms with Crippen LogP contribution in [-0.4, -0.2) is 62.4 Å². The molecule has 0 bridgehead atoms. The van der Waals surface area contributed by atoms with E-state index in [0.717, 1.165) is 33.4 Å². The van der Waals surface area contributed by atoms with E-state index in [1.165, 1.54) is 11.8 Å². The number of carbonyl (C=O) groups excluding carboxylic acids is 2. The van der Waals surface area contributed by atoms with Crippen LogP contribution in [0.4, 0.5) is 13.2 Å². The summed E-state index contributed by atoms with van der Waals surface area (Å²) >= 11 is 1.51. The van der Waals surface area contributed by atoms with E-state index in [1.807, 2.05) is 72.8 Å². The fourth-order valence-corrected chi connectivity index (χ4v) is 6.85. The van der Waals surface area contributed by atoms with Gasteiger partial charge in [-0.3, -0.25) is 9.59 Å². The summed E-state index contributed by atoms with van der Waals surface area (Å²) in [5.41, 5.74) is 5.10. The number of nitrogens with one attached hydrogen (secondary N) is 1. The van der Waals surface area contributed by atoms with E-state index < -0.39 is 30.3 Å². The normalized spacial score (nSPS) is 21.0. The number of alkyl halides is 3. The van der Waals surface area contributed by atoms with Crippen LogP contribution in [0, 0.1) is 0 Å². The van der Waals surface area contributed by atoms with Gasteiger partial charge in [-0.2, -0.15) is 13.2 Å². The van der Waals surface area contributed by atoms with Gasteiger partial charge in [-0.1, -0.05) is 72.4 Å². The Balaban J connectivity index is 1.16. The first-order valence-electron chi connectivity index (χ1n) is 15.9. The first kappa shape index (κ1) is 34.6. The fraction of sp³-hybridized carbons (Fsp3) is 0.333. The molecule has 49 heavy (non-hydrogen) atoms. The molecule has 3 heterocycles. The van der Waals surface area contributed by atoms with E-state index in [0.29, 0.717) is 28.7 Å². The molecule has 1 aromatic heterocycles. The average Bonchev–Trinajstić information content (AvgIpc) is 3.63. The van der Waals surface area contributed by atoms with Gasteiger partial charge in [0.25, 0.3) is 0 Å². The zero-order chi connectivity index (χ0) is 34.4. The van der Waals surface area contributed by atoms with Gasteiger partial charge in [-0.15, -0.1) is 0 Å². The molecule has 2 N–H and O–H groups in total. The third-order valence-corrected chi connectivity index (χ3v) is 9.51. The smallest absolute Gasteiger partial charge is 0.392 e. The van der Waals surface area contributed by atoms with Crippen LogP contribution in [0.3, 0.4) is 0 Å². The highest BCUT2D eigenvalue weighted by atomic mass is 32.2. The molecule has 2 saturated heterocycles. The summed E-state index contributed by atoms with van der Waals surface area (Å²) in [6, 6.07) is 23.6. The molecule has 0 aliphatic carbocycles. The number of hydrogen-bond donors (Lipinski definition) is 2. The number of rotatable bonds is 10. The van der Waals surface area contributed by atoms with E-state index >= 15 is 0 Å². The number of halogens is 3. The lowest BCUT2D eigenvalue weighted by atomic mass is 9.99. The van der Waals surface area contributed by atoms with Crippen molar-refractivity contribution in [3.8, 4) is 11.1 Å². The Bertz CT molecular complexity index is 1740. The molecule has 4 aromatic rings. The van der Waals surface area contributed by atoms with Crippen LogP contribution >= 0.6 is 11.8 Å². The molecule has 2 amide bonds. The number of hydrogen-bond acceptors (Lipinski definition) is 8. The SMILES string of the molecule is O=C(NCc1cccc(-c2cccc([C@@H]3O[C@H](CSc4ncccn4)C[C@H](c4ccc(CO)cc4)O3)c2)c1)[C@@H]1CCCN1C(=O)C(F)(F)F. The molecule has 3 aromatic carbocycles. The van der Waals surface area contributed by atoms with Crippen molar-refractivity contribution in [2.75, 3.05) is 12.3 Å². The number of aliphatic hydroxyl groups is 1. The molecule has 9 nitrogen and oxygen atoms in total. The molecule has 0 unspecified atom stereocenters. The minimum atomic E-state index is -5.02. The fourth-order valence-electron chi connectivity index (χ4n) is 6.03. The van der Waals surface area contributed by atoms with Gasteiger partial charge in [0, 0.05) is 43.2 Å². The largest absolute Gasteiger partial charge is 0.471 e. The van der Waals surface area contributed by atoms with Crippen molar-refractivity contribution in [3.05, 3.63) is 114 Å². The number of likely N-dealkylation sites (tertiary alicyclic amines) is 1. The second-order valence-corrected chi connectivity index (χ2v) is 12.9. The monoisotopic (exact) mass is 692 g/mol. The predicted octanol–water partition coefficient (Wildman–Crippen LogP) is 6.14. The van der Waals surface area contributed by atoms with Crippen molar-refractivity contribution >= 4 is 23.6 Å². The first-order chi connectivity index (χ1) is 23.7. The molecule has 13 heteroatoms. The van der Waals surface area contributed by atoms with Crippen LogP contribution < -0.4 is 5.32 Å². The molecule has 0 radical (unpaired) electrons. The summed E-state index contributed by atoms with van der Waals surface area (Å²) in [5.74, 6) is -1.98. The summed E-state index contributed by atoms with van der Waals surface area (Å²) in [7, 11) is 0. The molecule has 2 aliphatic heterocycles. The van der Waals surface area contributed by atoms with Gasteiger partial charge in [-0.05, 0) is 58.9 Å². The molecule has 2 fully saturated rings. The maximum atomic E-state index is 13.0. The predicted molar refractivity (Wildman–Crippen MR) is 176 cm³/mol. The van der Waals surface area contributed by atoms with Crippen molar-refractivity contribution in [1.29, 1.82) is 0 Å². The van der Waals surface area contributed by atoms with Crippen LogP contribution in [0.1, 0.15) is 53.9 Å².